The van der Waals surface area contributed by atoms with Crippen molar-refractivity contribution in [2.24, 2.45) is 0 Å². The number of hydrogen-bond donors (Lipinski definition) is 0. The van der Waals surface area contributed by atoms with Crippen LogP contribution in [0, 0.1) is 13.8 Å². The van der Waals surface area contributed by atoms with E-state index in [4.69, 9.17) is 9.47 Å². The number of amides is 1. The van der Waals surface area contributed by atoms with E-state index in [2.05, 4.69) is 30.9 Å². The number of aryl methyl sites for hydroxylation is 2. The lowest BCUT2D eigenvalue weighted by Gasteiger charge is -2.23. The maximum absolute atomic E-state index is 13.3. The Hall–Kier alpha value is -1.99. The molecule has 0 aromatic carbocycles. The molecule has 2 heterocycles. The average Bonchev–Trinajstić information content (AvgIpc) is 2.90. The van der Waals surface area contributed by atoms with Crippen molar-refractivity contribution in [2.75, 3.05) is 40.5 Å². The first-order chi connectivity index (χ1) is 12.2. The van der Waals surface area contributed by atoms with E-state index in [0.717, 1.165) is 22.4 Å². The van der Waals surface area contributed by atoms with Crippen LogP contribution < -0.4 is 0 Å². The molecule has 0 radical (unpaired) electrons. The largest absolute Gasteiger partial charge is 0.383 e. The van der Waals surface area contributed by atoms with Gasteiger partial charge in [-0.3, -0.25) is 4.79 Å². The second-order valence-electron chi connectivity index (χ2n) is 7.46. The third-order valence-electron chi connectivity index (χ3n) is 4.22. The van der Waals surface area contributed by atoms with E-state index in [0.29, 0.717) is 31.9 Å². The fourth-order valence-corrected chi connectivity index (χ4v) is 2.94. The van der Waals surface area contributed by atoms with Crippen molar-refractivity contribution in [2.45, 2.75) is 40.2 Å². The molecule has 0 aliphatic heterocycles. The first-order valence-corrected chi connectivity index (χ1v) is 8.85. The summed E-state index contributed by atoms with van der Waals surface area (Å²) in [6.07, 6.45) is 0. The van der Waals surface area contributed by atoms with Crippen molar-refractivity contribution in [3.63, 3.8) is 0 Å². The Kier molecular flexibility index (Phi) is 6.36. The van der Waals surface area contributed by atoms with E-state index in [9.17, 15) is 4.79 Å². The zero-order valence-corrected chi connectivity index (χ0v) is 16.9. The molecule has 0 aliphatic carbocycles. The Labute approximate surface area is 155 Å². The lowest BCUT2D eigenvalue weighted by atomic mass is 10.1. The molecule has 0 fully saturated rings. The maximum Gasteiger partial charge on any atom is 0.254 e. The normalized spacial score (nSPS) is 12.0. The zero-order valence-electron chi connectivity index (χ0n) is 16.9. The van der Waals surface area contributed by atoms with Crippen LogP contribution in [0.3, 0.4) is 0 Å². The van der Waals surface area contributed by atoms with Gasteiger partial charge in [0.05, 0.1) is 35.4 Å². The number of hydrogen-bond acceptors (Lipinski definition) is 5. The number of ether oxygens (including phenoxy) is 2. The molecule has 0 saturated carbocycles. The highest BCUT2D eigenvalue weighted by Crippen LogP contribution is 2.27. The number of nitrogens with zero attached hydrogens (tertiary/aromatic N) is 4. The van der Waals surface area contributed by atoms with Crippen molar-refractivity contribution < 1.29 is 14.3 Å². The minimum atomic E-state index is -0.223. The minimum Gasteiger partial charge on any atom is -0.383 e. The number of methoxy groups -OCH3 is 2. The van der Waals surface area contributed by atoms with Crippen molar-refractivity contribution in [3.05, 3.63) is 23.0 Å². The third kappa shape index (κ3) is 4.22. The monoisotopic (exact) mass is 362 g/mol. The summed E-state index contributed by atoms with van der Waals surface area (Å²) in [6, 6.07) is 1.85. The molecule has 7 nitrogen and oxygen atoms in total. The molecule has 0 saturated heterocycles. The van der Waals surface area contributed by atoms with Gasteiger partial charge in [0.25, 0.3) is 5.91 Å². The van der Waals surface area contributed by atoms with Crippen LogP contribution in [-0.4, -0.2) is 66.1 Å². The van der Waals surface area contributed by atoms with Gasteiger partial charge >= 0.3 is 0 Å². The number of carbonyl (C=O) groups is 1. The van der Waals surface area contributed by atoms with Crippen LogP contribution >= 0.6 is 0 Å². The second kappa shape index (κ2) is 8.14. The molecular formula is C19H30N4O3. The molecule has 0 aliphatic rings. The smallest absolute Gasteiger partial charge is 0.254 e. The fraction of sp³-hybridized carbons (Fsp3) is 0.632. The molecule has 0 bridgehead atoms. The highest BCUT2D eigenvalue weighted by Gasteiger charge is 2.26. The van der Waals surface area contributed by atoms with Crippen LogP contribution in [0.15, 0.2) is 6.07 Å². The molecule has 144 valence electrons. The number of fused-ring (bicyclic) bond motifs is 1. The Morgan fingerprint density at radius 3 is 2.23 bits per heavy atom. The summed E-state index contributed by atoms with van der Waals surface area (Å²) in [7, 11) is 3.26. The van der Waals surface area contributed by atoms with Crippen LogP contribution in [0.5, 0.6) is 0 Å². The highest BCUT2D eigenvalue weighted by atomic mass is 16.5. The van der Waals surface area contributed by atoms with Crippen molar-refractivity contribution in [1.29, 1.82) is 0 Å². The summed E-state index contributed by atoms with van der Waals surface area (Å²) in [6.45, 7) is 12.0. The Morgan fingerprint density at radius 1 is 1.15 bits per heavy atom. The molecule has 0 atom stereocenters. The summed E-state index contributed by atoms with van der Waals surface area (Å²) in [5.41, 5.74) is 2.76. The molecule has 1 amide bonds. The molecule has 0 unspecified atom stereocenters. The third-order valence-corrected chi connectivity index (χ3v) is 4.22. The summed E-state index contributed by atoms with van der Waals surface area (Å²) in [5, 5.41) is 5.48. The highest BCUT2D eigenvalue weighted by molar-refractivity contribution is 6.06. The van der Waals surface area contributed by atoms with Gasteiger partial charge < -0.3 is 14.4 Å². The van der Waals surface area contributed by atoms with E-state index >= 15 is 0 Å². The molecule has 0 spiro atoms. The van der Waals surface area contributed by atoms with Gasteiger partial charge in [-0.25, -0.2) is 9.67 Å². The number of aromatic nitrogens is 3. The molecule has 0 N–H and O–H groups in total. The van der Waals surface area contributed by atoms with Crippen LogP contribution in [0.1, 0.15) is 42.5 Å². The van der Waals surface area contributed by atoms with Crippen molar-refractivity contribution in [1.82, 2.24) is 19.7 Å². The Morgan fingerprint density at radius 2 is 1.73 bits per heavy atom. The van der Waals surface area contributed by atoms with Gasteiger partial charge in [0.1, 0.15) is 0 Å². The van der Waals surface area contributed by atoms with Gasteiger partial charge in [-0.1, -0.05) is 0 Å². The molecule has 2 aromatic rings. The molecule has 2 rings (SSSR count). The van der Waals surface area contributed by atoms with Gasteiger partial charge in [-0.05, 0) is 40.7 Å². The van der Waals surface area contributed by atoms with E-state index in [1.807, 2.05) is 24.6 Å². The van der Waals surface area contributed by atoms with Gasteiger partial charge in [-0.15, -0.1) is 0 Å². The van der Waals surface area contributed by atoms with Crippen molar-refractivity contribution in [3.8, 4) is 0 Å². The number of rotatable bonds is 7. The van der Waals surface area contributed by atoms with Gasteiger partial charge in [0, 0.05) is 33.0 Å². The average molecular weight is 362 g/mol. The van der Waals surface area contributed by atoms with E-state index in [1.54, 1.807) is 19.1 Å². The maximum atomic E-state index is 13.3. The van der Waals surface area contributed by atoms with Crippen LogP contribution in [0.2, 0.25) is 0 Å². The first kappa shape index (κ1) is 20.3. The first-order valence-electron chi connectivity index (χ1n) is 8.85. The topological polar surface area (TPSA) is 69.5 Å². The lowest BCUT2D eigenvalue weighted by molar-refractivity contribution is 0.0629. The summed E-state index contributed by atoms with van der Waals surface area (Å²) in [5.74, 6) is -0.0499. The summed E-state index contributed by atoms with van der Waals surface area (Å²) in [4.78, 5) is 19.7. The van der Waals surface area contributed by atoms with Gasteiger partial charge in [0.15, 0.2) is 5.65 Å². The predicted molar refractivity (Wildman–Crippen MR) is 102 cm³/mol. The van der Waals surface area contributed by atoms with Gasteiger partial charge in [0.2, 0.25) is 0 Å². The molecule has 7 heteroatoms. The lowest BCUT2D eigenvalue weighted by Crippen LogP contribution is -2.36. The quantitative estimate of drug-likeness (QED) is 0.757. The fourth-order valence-electron chi connectivity index (χ4n) is 2.94. The van der Waals surface area contributed by atoms with Crippen molar-refractivity contribution >= 4 is 16.9 Å². The van der Waals surface area contributed by atoms with Gasteiger partial charge in [-0.2, -0.15) is 5.10 Å². The summed E-state index contributed by atoms with van der Waals surface area (Å²) >= 11 is 0. The van der Waals surface area contributed by atoms with E-state index < -0.39 is 0 Å². The summed E-state index contributed by atoms with van der Waals surface area (Å²) < 4.78 is 12.2. The van der Waals surface area contributed by atoms with Crippen LogP contribution in [0.25, 0.3) is 11.0 Å². The molecule has 26 heavy (non-hydrogen) atoms. The predicted octanol–water partition coefficient (Wildman–Crippen LogP) is 2.54. The Bertz CT molecular complexity index is 769. The molecular weight excluding hydrogens is 332 g/mol. The standard InChI is InChI=1S/C19H30N4O3/c1-13-12-15(18(24)22(8-10-25-6)9-11-26-7)16-14(2)21-23(17(16)20-13)19(3,4)5/h12H,8-11H2,1-7H3. The number of carbonyl (C=O) groups excluding carboxylic acids is 1. The molecule has 2 aromatic heterocycles. The Balaban J connectivity index is 2.56. The SMILES string of the molecule is COCCN(CCOC)C(=O)c1cc(C)nc2c1c(C)nn2C(C)(C)C. The van der Waals surface area contributed by atoms with Crippen LogP contribution in [-0.2, 0) is 15.0 Å². The zero-order chi connectivity index (χ0) is 19.5. The van der Waals surface area contributed by atoms with E-state index in [-0.39, 0.29) is 11.4 Å². The second-order valence-corrected chi connectivity index (χ2v) is 7.46. The number of pyridine rings is 1. The minimum absolute atomic E-state index is 0.0499. The van der Waals surface area contributed by atoms with E-state index in [1.165, 1.54) is 0 Å². The van der Waals surface area contributed by atoms with Crippen LogP contribution in [0.4, 0.5) is 0 Å².